The minimum absolute atomic E-state index is 0.0197. The number of piperidine rings is 1. The summed E-state index contributed by atoms with van der Waals surface area (Å²) in [5.41, 5.74) is 3.05. The van der Waals surface area contributed by atoms with E-state index in [1.807, 2.05) is 24.3 Å². The maximum absolute atomic E-state index is 14.0. The van der Waals surface area contributed by atoms with Crippen molar-refractivity contribution < 1.29 is 13.6 Å². The highest BCUT2D eigenvalue weighted by molar-refractivity contribution is 5.78. The van der Waals surface area contributed by atoms with Gasteiger partial charge in [0, 0.05) is 31.7 Å². The van der Waals surface area contributed by atoms with Crippen molar-refractivity contribution in [3.05, 3.63) is 107 Å². The van der Waals surface area contributed by atoms with Crippen LogP contribution in [0.5, 0.6) is 0 Å². The smallest absolute Gasteiger partial charge is 0.224 e. The molecule has 3 aromatic rings. The maximum atomic E-state index is 14.0. The maximum Gasteiger partial charge on any atom is 0.224 e. The van der Waals surface area contributed by atoms with E-state index >= 15 is 0 Å². The molecule has 0 radical (unpaired) electrons. The van der Waals surface area contributed by atoms with E-state index in [2.05, 4.69) is 34.3 Å². The number of carbonyl (C=O) groups is 1. The summed E-state index contributed by atoms with van der Waals surface area (Å²) in [5, 5.41) is 3.14. The van der Waals surface area contributed by atoms with Gasteiger partial charge in [0.25, 0.3) is 0 Å². The lowest BCUT2D eigenvalue weighted by Gasteiger charge is -2.35. The van der Waals surface area contributed by atoms with Crippen LogP contribution in [0, 0.1) is 11.6 Å². The number of nitrogens with zero attached hydrogens (tertiary/aromatic N) is 2. The molecule has 1 unspecified atom stereocenters. The normalized spacial score (nSPS) is 15.7. The Bertz CT molecular complexity index is 1100. The van der Waals surface area contributed by atoms with Crippen molar-refractivity contribution >= 4 is 5.91 Å². The summed E-state index contributed by atoms with van der Waals surface area (Å²) in [6.07, 6.45) is 2.97. The molecule has 3 aromatic carbocycles. The Morgan fingerprint density at radius 1 is 0.944 bits per heavy atom. The number of hydrogen-bond donors (Lipinski definition) is 1. The first-order valence-electron chi connectivity index (χ1n) is 12.7. The van der Waals surface area contributed by atoms with E-state index in [9.17, 15) is 13.6 Å². The number of carbonyl (C=O) groups excluding carboxylic acids is 1. The van der Waals surface area contributed by atoms with E-state index in [0.29, 0.717) is 0 Å². The van der Waals surface area contributed by atoms with Gasteiger partial charge in [-0.05, 0) is 73.8 Å². The summed E-state index contributed by atoms with van der Waals surface area (Å²) in [6, 6.07) is 23.6. The van der Waals surface area contributed by atoms with Gasteiger partial charge in [-0.25, -0.2) is 8.78 Å². The number of rotatable bonds is 10. The van der Waals surface area contributed by atoms with Crippen LogP contribution in [0.1, 0.15) is 42.0 Å². The van der Waals surface area contributed by atoms with Crippen LogP contribution >= 0.6 is 0 Å². The molecule has 1 saturated heterocycles. The average molecular weight is 492 g/mol. The zero-order chi connectivity index (χ0) is 25.3. The summed E-state index contributed by atoms with van der Waals surface area (Å²) in [4.78, 5) is 17.2. The van der Waals surface area contributed by atoms with Crippen LogP contribution in [0.4, 0.5) is 8.78 Å². The van der Waals surface area contributed by atoms with E-state index in [0.717, 1.165) is 56.6 Å². The summed E-state index contributed by atoms with van der Waals surface area (Å²) in [5.74, 6) is -0.519. The molecule has 1 atom stereocenters. The number of nitrogens with one attached hydrogen (secondary N) is 1. The fraction of sp³-hybridized carbons (Fsp3) is 0.367. The third-order valence-electron chi connectivity index (χ3n) is 6.99. The van der Waals surface area contributed by atoms with Gasteiger partial charge >= 0.3 is 0 Å². The standard InChI is InChI=1S/C30H35F2N3O/c1-34(22-24-6-3-2-4-7-24)29(25-8-5-9-27(32)21-25)16-19-35-17-14-28(15-18-35)33-30(36)20-23-10-12-26(31)13-11-23/h2-13,21,28-29H,14-20,22H2,1H3,(H,33,36). The SMILES string of the molecule is CN(Cc1ccccc1)C(CCN1CCC(NC(=O)Cc2ccc(F)cc2)CC1)c1cccc(F)c1. The third kappa shape index (κ3) is 7.70. The van der Waals surface area contributed by atoms with Crippen LogP contribution < -0.4 is 5.32 Å². The van der Waals surface area contributed by atoms with Gasteiger partial charge < -0.3 is 10.2 Å². The van der Waals surface area contributed by atoms with Crippen LogP contribution in [0.15, 0.2) is 78.9 Å². The Kier molecular flexibility index (Phi) is 9.20. The van der Waals surface area contributed by atoms with Crippen LogP contribution in [0.3, 0.4) is 0 Å². The van der Waals surface area contributed by atoms with Crippen molar-refractivity contribution in [3.8, 4) is 0 Å². The van der Waals surface area contributed by atoms with E-state index in [-0.39, 0.29) is 36.0 Å². The Morgan fingerprint density at radius 2 is 1.67 bits per heavy atom. The lowest BCUT2D eigenvalue weighted by atomic mass is 9.99. The fourth-order valence-corrected chi connectivity index (χ4v) is 5.01. The van der Waals surface area contributed by atoms with Crippen LogP contribution in [-0.2, 0) is 17.8 Å². The van der Waals surface area contributed by atoms with Crippen molar-refractivity contribution in [2.45, 2.75) is 44.3 Å². The highest BCUT2D eigenvalue weighted by Gasteiger charge is 2.23. The first-order valence-corrected chi connectivity index (χ1v) is 12.7. The Hall–Kier alpha value is -3.09. The van der Waals surface area contributed by atoms with Crippen LogP contribution in [0.2, 0.25) is 0 Å². The molecule has 0 saturated carbocycles. The lowest BCUT2D eigenvalue weighted by Crippen LogP contribution is -2.45. The number of likely N-dealkylation sites (tertiary alicyclic amines) is 1. The first-order chi connectivity index (χ1) is 17.5. The van der Waals surface area contributed by atoms with E-state index < -0.39 is 0 Å². The zero-order valence-corrected chi connectivity index (χ0v) is 20.9. The molecule has 1 aliphatic heterocycles. The number of benzene rings is 3. The highest BCUT2D eigenvalue weighted by atomic mass is 19.1. The van der Waals surface area contributed by atoms with Crippen molar-refractivity contribution in [1.82, 2.24) is 15.1 Å². The third-order valence-corrected chi connectivity index (χ3v) is 6.99. The molecule has 6 heteroatoms. The molecule has 190 valence electrons. The second-order valence-electron chi connectivity index (χ2n) is 9.75. The van der Waals surface area contributed by atoms with Gasteiger partial charge in [-0.3, -0.25) is 9.69 Å². The quantitative estimate of drug-likeness (QED) is 0.415. The molecular weight excluding hydrogens is 456 g/mol. The summed E-state index contributed by atoms with van der Waals surface area (Å²) >= 11 is 0. The second-order valence-corrected chi connectivity index (χ2v) is 9.75. The summed E-state index contributed by atoms with van der Waals surface area (Å²) < 4.78 is 27.1. The second kappa shape index (κ2) is 12.7. The molecule has 1 N–H and O–H groups in total. The van der Waals surface area contributed by atoms with E-state index in [4.69, 9.17) is 0 Å². The molecule has 0 aliphatic carbocycles. The predicted octanol–water partition coefficient (Wildman–Crippen LogP) is 5.35. The highest BCUT2D eigenvalue weighted by Crippen LogP contribution is 2.26. The molecule has 1 heterocycles. The first kappa shape index (κ1) is 26.0. The lowest BCUT2D eigenvalue weighted by molar-refractivity contribution is -0.121. The molecular formula is C30H35F2N3O. The number of hydrogen-bond acceptors (Lipinski definition) is 3. The van der Waals surface area contributed by atoms with Gasteiger partial charge in [0.15, 0.2) is 0 Å². The molecule has 0 bridgehead atoms. The van der Waals surface area contributed by atoms with Crippen LogP contribution in [0.25, 0.3) is 0 Å². The van der Waals surface area contributed by atoms with Crippen molar-refractivity contribution in [1.29, 1.82) is 0 Å². The van der Waals surface area contributed by atoms with Gasteiger partial charge in [0.1, 0.15) is 11.6 Å². The number of halogens is 2. The Balaban J connectivity index is 1.28. The minimum Gasteiger partial charge on any atom is -0.353 e. The average Bonchev–Trinajstić information content (AvgIpc) is 2.87. The molecule has 1 fully saturated rings. The molecule has 1 aliphatic rings. The minimum atomic E-state index is -0.294. The summed E-state index contributed by atoms with van der Waals surface area (Å²) in [7, 11) is 2.10. The van der Waals surface area contributed by atoms with Gasteiger partial charge in [0.05, 0.1) is 6.42 Å². The predicted molar refractivity (Wildman–Crippen MR) is 139 cm³/mol. The van der Waals surface area contributed by atoms with Gasteiger partial charge in [0.2, 0.25) is 5.91 Å². The van der Waals surface area contributed by atoms with Crippen LogP contribution in [-0.4, -0.2) is 48.4 Å². The topological polar surface area (TPSA) is 35.6 Å². The Labute approximate surface area is 212 Å². The van der Waals surface area contributed by atoms with E-state index in [1.165, 1.54) is 23.8 Å². The molecule has 0 spiro atoms. The molecule has 36 heavy (non-hydrogen) atoms. The van der Waals surface area contributed by atoms with E-state index in [1.54, 1.807) is 24.3 Å². The Morgan fingerprint density at radius 3 is 2.36 bits per heavy atom. The monoisotopic (exact) mass is 491 g/mol. The van der Waals surface area contributed by atoms with Gasteiger partial charge in [-0.1, -0.05) is 54.6 Å². The summed E-state index contributed by atoms with van der Waals surface area (Å²) in [6.45, 7) is 3.54. The van der Waals surface area contributed by atoms with Gasteiger partial charge in [-0.15, -0.1) is 0 Å². The molecule has 1 amide bonds. The molecule has 0 aromatic heterocycles. The number of amides is 1. The van der Waals surface area contributed by atoms with Crippen molar-refractivity contribution in [2.24, 2.45) is 0 Å². The van der Waals surface area contributed by atoms with Crippen molar-refractivity contribution in [2.75, 3.05) is 26.7 Å². The largest absolute Gasteiger partial charge is 0.353 e. The van der Waals surface area contributed by atoms with Crippen molar-refractivity contribution in [3.63, 3.8) is 0 Å². The fourth-order valence-electron chi connectivity index (χ4n) is 5.01. The molecule has 4 nitrogen and oxygen atoms in total. The molecule has 4 rings (SSSR count). The zero-order valence-electron chi connectivity index (χ0n) is 20.9. The van der Waals surface area contributed by atoms with Gasteiger partial charge in [-0.2, -0.15) is 0 Å².